The summed E-state index contributed by atoms with van der Waals surface area (Å²) in [5.41, 5.74) is 2.12. The lowest BCUT2D eigenvalue weighted by Gasteiger charge is -2.33. The van der Waals surface area contributed by atoms with E-state index >= 15 is 0 Å². The summed E-state index contributed by atoms with van der Waals surface area (Å²) in [5, 5.41) is 8.28. The van der Waals surface area contributed by atoms with Crippen molar-refractivity contribution in [1.29, 1.82) is 0 Å². The van der Waals surface area contributed by atoms with Gasteiger partial charge in [0.15, 0.2) is 0 Å². The van der Waals surface area contributed by atoms with E-state index in [1.54, 1.807) is 6.20 Å². The van der Waals surface area contributed by atoms with Crippen molar-refractivity contribution < 1.29 is 9.53 Å². The van der Waals surface area contributed by atoms with Crippen LogP contribution in [0.2, 0.25) is 0 Å². The van der Waals surface area contributed by atoms with Crippen LogP contribution in [-0.4, -0.2) is 51.3 Å². The molecule has 1 atom stereocenters. The summed E-state index contributed by atoms with van der Waals surface area (Å²) in [4.78, 5) is 21.3. The maximum Gasteiger partial charge on any atom is 0.262 e. The lowest BCUT2D eigenvalue weighted by Crippen LogP contribution is -2.39. The quantitative estimate of drug-likeness (QED) is 0.714. The number of aromatic nitrogens is 3. The smallest absolute Gasteiger partial charge is 0.262 e. The van der Waals surface area contributed by atoms with Gasteiger partial charge in [-0.25, -0.2) is 4.98 Å². The van der Waals surface area contributed by atoms with Gasteiger partial charge in [-0.2, -0.15) is 5.10 Å². The molecule has 4 heterocycles. The zero-order valence-corrected chi connectivity index (χ0v) is 17.2. The first-order valence-corrected chi connectivity index (χ1v) is 10.3. The van der Waals surface area contributed by atoms with E-state index in [2.05, 4.69) is 20.3 Å². The number of hydrogen-bond acceptors (Lipinski definition) is 6. The van der Waals surface area contributed by atoms with Crippen LogP contribution in [0.3, 0.4) is 0 Å². The summed E-state index contributed by atoms with van der Waals surface area (Å²) >= 11 is 1.44. The first kappa shape index (κ1) is 19.0. The van der Waals surface area contributed by atoms with E-state index in [9.17, 15) is 4.79 Å². The van der Waals surface area contributed by atoms with Gasteiger partial charge in [0.25, 0.3) is 5.91 Å². The topological polar surface area (TPSA) is 72.3 Å². The average Bonchev–Trinajstić information content (AvgIpc) is 3.25. The second-order valence-electron chi connectivity index (χ2n) is 7.37. The predicted octanol–water partition coefficient (Wildman–Crippen LogP) is 2.74. The van der Waals surface area contributed by atoms with E-state index in [0.717, 1.165) is 41.1 Å². The Labute approximate surface area is 168 Å². The standard InChI is InChI=1S/C20H25N5O2S/c1-13(2)23-19(26)18-17(15-5-4-7-21-20(15)28-18)16-12-25(9-10-27-16)11-14-6-8-22-24(14)3/h4-8,13,16H,9-12H2,1-3H3,(H,23,26)/t16-/m1/s1. The highest BCUT2D eigenvalue weighted by molar-refractivity contribution is 7.20. The van der Waals surface area contributed by atoms with Crippen LogP contribution >= 0.6 is 11.3 Å². The molecule has 1 aliphatic rings. The highest BCUT2D eigenvalue weighted by Crippen LogP contribution is 2.37. The van der Waals surface area contributed by atoms with E-state index in [1.165, 1.54) is 11.3 Å². The van der Waals surface area contributed by atoms with Crippen molar-refractivity contribution in [3.63, 3.8) is 0 Å². The molecule has 3 aromatic rings. The molecule has 0 spiro atoms. The molecule has 0 aromatic carbocycles. The Morgan fingerprint density at radius 2 is 2.25 bits per heavy atom. The molecule has 0 saturated carbocycles. The Hall–Kier alpha value is -2.29. The third-order valence-electron chi connectivity index (χ3n) is 4.91. The van der Waals surface area contributed by atoms with Crippen molar-refractivity contribution in [1.82, 2.24) is 25.0 Å². The zero-order chi connectivity index (χ0) is 19.7. The van der Waals surface area contributed by atoms with Crippen LogP contribution in [0.25, 0.3) is 10.2 Å². The molecule has 0 bridgehead atoms. The lowest BCUT2D eigenvalue weighted by molar-refractivity contribution is -0.0329. The number of pyridine rings is 1. The maximum absolute atomic E-state index is 12.9. The number of hydrogen-bond donors (Lipinski definition) is 1. The molecule has 1 amide bonds. The number of ether oxygens (including phenoxy) is 1. The molecule has 148 valence electrons. The van der Waals surface area contributed by atoms with Crippen LogP contribution in [0, 0.1) is 0 Å². The molecule has 1 saturated heterocycles. The fraction of sp³-hybridized carbons (Fsp3) is 0.450. The van der Waals surface area contributed by atoms with E-state index in [0.29, 0.717) is 11.5 Å². The molecule has 1 aliphatic heterocycles. The number of aryl methyl sites for hydroxylation is 1. The Morgan fingerprint density at radius 3 is 3.00 bits per heavy atom. The average molecular weight is 400 g/mol. The summed E-state index contributed by atoms with van der Waals surface area (Å²) in [5.74, 6) is -0.0552. The molecule has 4 rings (SSSR count). The molecular formula is C20H25N5O2S. The first-order chi connectivity index (χ1) is 13.5. The number of fused-ring (bicyclic) bond motifs is 1. The molecule has 0 radical (unpaired) electrons. The molecule has 1 fully saturated rings. The van der Waals surface area contributed by atoms with E-state index in [-0.39, 0.29) is 18.1 Å². The molecule has 0 unspecified atom stereocenters. The fourth-order valence-corrected chi connectivity index (χ4v) is 4.67. The third-order valence-corrected chi connectivity index (χ3v) is 6.04. The summed E-state index contributed by atoms with van der Waals surface area (Å²) in [6.45, 7) is 6.96. The number of carbonyl (C=O) groups excluding carboxylic acids is 1. The Bertz CT molecular complexity index is 980. The summed E-state index contributed by atoms with van der Waals surface area (Å²) in [7, 11) is 1.96. The van der Waals surface area contributed by atoms with Crippen LogP contribution in [0.1, 0.15) is 40.9 Å². The highest BCUT2D eigenvalue weighted by Gasteiger charge is 2.30. The van der Waals surface area contributed by atoms with Crippen molar-refractivity contribution in [2.75, 3.05) is 19.7 Å². The minimum atomic E-state index is -0.159. The zero-order valence-electron chi connectivity index (χ0n) is 16.4. The molecule has 1 N–H and O–H groups in total. The minimum Gasteiger partial charge on any atom is -0.371 e. The van der Waals surface area contributed by atoms with Gasteiger partial charge < -0.3 is 10.1 Å². The number of nitrogens with one attached hydrogen (secondary N) is 1. The maximum atomic E-state index is 12.9. The Morgan fingerprint density at radius 1 is 1.39 bits per heavy atom. The van der Waals surface area contributed by atoms with Crippen LogP contribution in [0.15, 0.2) is 30.6 Å². The second-order valence-corrected chi connectivity index (χ2v) is 8.37. The van der Waals surface area contributed by atoms with E-state index in [1.807, 2.05) is 50.0 Å². The third kappa shape index (κ3) is 3.80. The number of carbonyl (C=O) groups is 1. The van der Waals surface area contributed by atoms with Gasteiger partial charge in [0.1, 0.15) is 9.71 Å². The van der Waals surface area contributed by atoms with Gasteiger partial charge in [-0.3, -0.25) is 14.4 Å². The van der Waals surface area contributed by atoms with E-state index in [4.69, 9.17) is 4.74 Å². The van der Waals surface area contributed by atoms with Gasteiger partial charge >= 0.3 is 0 Å². The first-order valence-electron chi connectivity index (χ1n) is 9.52. The number of nitrogens with zero attached hydrogens (tertiary/aromatic N) is 4. The van der Waals surface area contributed by atoms with E-state index < -0.39 is 0 Å². The SMILES string of the molecule is CC(C)NC(=O)c1sc2ncccc2c1[C@H]1CN(Cc2ccnn2C)CCO1. The molecule has 3 aromatic heterocycles. The number of rotatable bonds is 5. The summed E-state index contributed by atoms with van der Waals surface area (Å²) < 4.78 is 8.04. The monoisotopic (exact) mass is 399 g/mol. The van der Waals surface area contributed by atoms with Crippen LogP contribution in [0.5, 0.6) is 0 Å². The van der Waals surface area contributed by atoms with Crippen molar-refractivity contribution in [2.45, 2.75) is 32.5 Å². The molecule has 0 aliphatic carbocycles. The molecule has 8 heteroatoms. The Balaban J connectivity index is 1.65. The second kappa shape index (κ2) is 7.98. The van der Waals surface area contributed by atoms with Gasteiger partial charge in [-0.15, -0.1) is 11.3 Å². The van der Waals surface area contributed by atoms with Gasteiger partial charge in [-0.1, -0.05) is 6.07 Å². The van der Waals surface area contributed by atoms with Crippen LogP contribution < -0.4 is 5.32 Å². The van der Waals surface area contributed by atoms with Crippen LogP contribution in [0.4, 0.5) is 0 Å². The molecule has 7 nitrogen and oxygen atoms in total. The predicted molar refractivity (Wildman–Crippen MR) is 109 cm³/mol. The number of morpholine rings is 1. The highest BCUT2D eigenvalue weighted by atomic mass is 32.1. The number of thiophene rings is 1. The van der Waals surface area contributed by atoms with Gasteiger partial charge in [-0.05, 0) is 26.0 Å². The number of amides is 1. The van der Waals surface area contributed by atoms with Crippen molar-refractivity contribution in [2.24, 2.45) is 7.05 Å². The summed E-state index contributed by atoms with van der Waals surface area (Å²) in [6, 6.07) is 6.06. The van der Waals surface area contributed by atoms with Crippen molar-refractivity contribution in [3.05, 3.63) is 46.7 Å². The van der Waals surface area contributed by atoms with Crippen LogP contribution in [-0.2, 0) is 18.3 Å². The van der Waals surface area contributed by atoms with Gasteiger partial charge in [0.2, 0.25) is 0 Å². The largest absolute Gasteiger partial charge is 0.371 e. The normalized spacial score (nSPS) is 18.1. The van der Waals surface area contributed by atoms with Crippen molar-refractivity contribution in [3.8, 4) is 0 Å². The minimum absolute atomic E-state index is 0.0552. The molecular weight excluding hydrogens is 374 g/mol. The summed E-state index contributed by atoms with van der Waals surface area (Å²) in [6.07, 6.45) is 3.43. The Kier molecular flexibility index (Phi) is 5.43. The fourth-order valence-electron chi connectivity index (χ4n) is 3.57. The van der Waals surface area contributed by atoms with Gasteiger partial charge in [0, 0.05) is 56.1 Å². The molecule has 28 heavy (non-hydrogen) atoms. The van der Waals surface area contributed by atoms with Gasteiger partial charge in [0.05, 0.1) is 18.4 Å². The van der Waals surface area contributed by atoms with Crippen molar-refractivity contribution >= 4 is 27.5 Å². The lowest BCUT2D eigenvalue weighted by atomic mass is 10.0.